The smallest absolute Gasteiger partial charge is 0.259 e. The first-order valence-electron chi connectivity index (χ1n) is 14.7. The fourth-order valence-corrected chi connectivity index (χ4v) is 6.50. The second-order valence-electron chi connectivity index (χ2n) is 11.5. The van der Waals surface area contributed by atoms with E-state index in [1.165, 1.54) is 0 Å². The van der Waals surface area contributed by atoms with Crippen LogP contribution in [0.1, 0.15) is 37.6 Å². The molecular formula is C33H39N5O4S. The predicted octanol–water partition coefficient (Wildman–Crippen LogP) is 5.09. The molecule has 0 aliphatic carbocycles. The molecule has 3 aromatic heterocycles. The highest BCUT2D eigenvalue weighted by atomic mass is 32.1. The lowest BCUT2D eigenvalue weighted by Gasteiger charge is -2.27. The molecule has 0 bridgehead atoms. The molecule has 9 nitrogen and oxygen atoms in total. The third-order valence-corrected chi connectivity index (χ3v) is 9.03. The van der Waals surface area contributed by atoms with Crippen molar-refractivity contribution in [3.63, 3.8) is 0 Å². The number of hydrogen-bond donors (Lipinski definition) is 0. The normalized spacial score (nSPS) is 14.8. The Morgan fingerprint density at radius 3 is 2.49 bits per heavy atom. The fourth-order valence-electron chi connectivity index (χ4n) is 5.59. The van der Waals surface area contributed by atoms with Gasteiger partial charge < -0.3 is 19.1 Å². The molecule has 0 spiro atoms. The summed E-state index contributed by atoms with van der Waals surface area (Å²) in [6, 6.07) is 13.6. The Balaban J connectivity index is 1.25. The SMILES string of the molecule is CCN1C(=O)C(C)(C)C(=O)N(C)c2cc(OCCCN(CCn3ccc4sc(C)cc4c3=O)Cc3ccncc3)ccc21. The van der Waals surface area contributed by atoms with E-state index < -0.39 is 5.41 Å². The van der Waals surface area contributed by atoms with Crippen LogP contribution in [0.25, 0.3) is 10.1 Å². The van der Waals surface area contributed by atoms with Crippen LogP contribution < -0.4 is 20.1 Å². The van der Waals surface area contributed by atoms with Gasteiger partial charge in [0.15, 0.2) is 0 Å². The van der Waals surface area contributed by atoms with E-state index in [1.54, 1.807) is 59.0 Å². The molecule has 2 amide bonds. The summed E-state index contributed by atoms with van der Waals surface area (Å²) in [4.78, 5) is 50.2. The van der Waals surface area contributed by atoms with Gasteiger partial charge in [0.1, 0.15) is 11.2 Å². The molecule has 4 aromatic rings. The van der Waals surface area contributed by atoms with Gasteiger partial charge in [0.25, 0.3) is 5.56 Å². The largest absolute Gasteiger partial charge is 0.493 e. The number of ether oxygens (including phenoxy) is 1. The molecule has 1 aliphatic heterocycles. The van der Waals surface area contributed by atoms with Crippen molar-refractivity contribution < 1.29 is 14.3 Å². The van der Waals surface area contributed by atoms with Gasteiger partial charge >= 0.3 is 0 Å². The maximum Gasteiger partial charge on any atom is 0.259 e. The molecule has 0 atom stereocenters. The maximum atomic E-state index is 13.2. The van der Waals surface area contributed by atoms with Gasteiger partial charge in [0, 0.05) is 74.0 Å². The molecule has 0 radical (unpaired) electrons. The zero-order valence-corrected chi connectivity index (χ0v) is 26.3. The average molecular weight is 602 g/mol. The Labute approximate surface area is 256 Å². The third-order valence-electron chi connectivity index (χ3n) is 8.02. The number of nitrogens with zero attached hydrogens (tertiary/aromatic N) is 5. The molecule has 1 aromatic carbocycles. The number of pyridine rings is 2. The van der Waals surface area contributed by atoms with Crippen LogP contribution in [-0.4, -0.2) is 59.6 Å². The first kappa shape index (κ1) is 30.4. The minimum atomic E-state index is -1.15. The number of aryl methyl sites for hydroxylation is 1. The van der Waals surface area contributed by atoms with E-state index in [2.05, 4.69) is 9.88 Å². The van der Waals surface area contributed by atoms with Gasteiger partial charge in [-0.25, -0.2) is 0 Å². The van der Waals surface area contributed by atoms with Crippen LogP contribution in [0.15, 0.2) is 65.8 Å². The number of thiophene rings is 1. The summed E-state index contributed by atoms with van der Waals surface area (Å²) in [5.74, 6) is 0.195. The van der Waals surface area contributed by atoms with Crippen LogP contribution in [0.3, 0.4) is 0 Å². The lowest BCUT2D eigenvalue weighted by atomic mass is 9.90. The van der Waals surface area contributed by atoms with Crippen molar-refractivity contribution in [3.8, 4) is 5.75 Å². The highest BCUT2D eigenvalue weighted by Crippen LogP contribution is 2.40. The number of anilines is 2. The van der Waals surface area contributed by atoms with E-state index >= 15 is 0 Å². The monoisotopic (exact) mass is 601 g/mol. The molecule has 226 valence electrons. The van der Waals surface area contributed by atoms with E-state index in [1.807, 2.05) is 62.5 Å². The van der Waals surface area contributed by atoms with Crippen LogP contribution in [-0.2, 0) is 22.7 Å². The Morgan fingerprint density at radius 2 is 1.74 bits per heavy atom. The average Bonchev–Trinajstić information content (AvgIpc) is 3.38. The summed E-state index contributed by atoms with van der Waals surface area (Å²) in [6.07, 6.45) is 6.24. The number of rotatable bonds is 11. The highest BCUT2D eigenvalue weighted by molar-refractivity contribution is 7.18. The van der Waals surface area contributed by atoms with E-state index in [0.717, 1.165) is 40.0 Å². The van der Waals surface area contributed by atoms with Crippen LogP contribution in [0.4, 0.5) is 11.4 Å². The van der Waals surface area contributed by atoms with Crippen molar-refractivity contribution in [1.29, 1.82) is 0 Å². The van der Waals surface area contributed by atoms with Crippen molar-refractivity contribution >= 4 is 44.6 Å². The van der Waals surface area contributed by atoms with Crippen molar-refractivity contribution in [2.24, 2.45) is 5.41 Å². The van der Waals surface area contributed by atoms with Gasteiger partial charge in [0.2, 0.25) is 11.8 Å². The molecule has 0 saturated carbocycles. The topological polar surface area (TPSA) is 88.0 Å². The zero-order chi connectivity index (χ0) is 30.7. The first-order valence-corrected chi connectivity index (χ1v) is 15.5. The van der Waals surface area contributed by atoms with Gasteiger partial charge in [0.05, 0.1) is 23.4 Å². The van der Waals surface area contributed by atoms with Crippen LogP contribution >= 0.6 is 11.3 Å². The summed E-state index contributed by atoms with van der Waals surface area (Å²) < 4.78 is 8.96. The number of amides is 2. The summed E-state index contributed by atoms with van der Waals surface area (Å²) in [6.45, 7) is 11.0. The number of carbonyl (C=O) groups excluding carboxylic acids is 2. The Kier molecular flexibility index (Phi) is 8.98. The molecule has 5 rings (SSSR count). The summed E-state index contributed by atoms with van der Waals surface area (Å²) in [5, 5.41) is 0.780. The number of fused-ring (bicyclic) bond motifs is 2. The Hall–Kier alpha value is -4.02. The summed E-state index contributed by atoms with van der Waals surface area (Å²) in [7, 11) is 1.71. The van der Waals surface area contributed by atoms with Crippen LogP contribution in [0.5, 0.6) is 5.75 Å². The Morgan fingerprint density at radius 1 is 0.977 bits per heavy atom. The van der Waals surface area contributed by atoms with Crippen molar-refractivity contribution in [2.75, 3.05) is 43.1 Å². The predicted molar refractivity (Wildman–Crippen MR) is 172 cm³/mol. The number of carbonyl (C=O) groups is 2. The number of benzene rings is 1. The van der Waals surface area contributed by atoms with Crippen molar-refractivity contribution in [3.05, 3.63) is 81.8 Å². The standard InChI is InChI=1S/C33H39N5O4S/c1-6-38-27-9-8-25(21-28(27)35(5)31(40)33(3,4)32(38)41)42-19-7-15-36(22-24-10-13-34-14-11-24)17-18-37-16-12-29-26(30(37)39)20-23(2)43-29/h8-14,16,20-21H,6-7,15,17-19,22H2,1-5H3. The summed E-state index contributed by atoms with van der Waals surface area (Å²) in [5.41, 5.74) is 1.42. The van der Waals surface area contributed by atoms with E-state index in [-0.39, 0.29) is 17.4 Å². The van der Waals surface area contributed by atoms with Gasteiger partial charge in [-0.15, -0.1) is 11.3 Å². The molecule has 0 saturated heterocycles. The molecule has 10 heteroatoms. The second kappa shape index (κ2) is 12.7. The quantitative estimate of drug-likeness (QED) is 0.176. The molecule has 1 aliphatic rings. The number of hydrogen-bond acceptors (Lipinski definition) is 7. The zero-order valence-electron chi connectivity index (χ0n) is 25.5. The molecular weight excluding hydrogens is 562 g/mol. The highest BCUT2D eigenvalue weighted by Gasteiger charge is 2.45. The first-order chi connectivity index (χ1) is 20.6. The molecule has 0 N–H and O–H groups in total. The van der Waals surface area contributed by atoms with E-state index in [9.17, 15) is 14.4 Å². The lowest BCUT2D eigenvalue weighted by Crippen LogP contribution is -2.47. The maximum absolute atomic E-state index is 13.2. The summed E-state index contributed by atoms with van der Waals surface area (Å²) >= 11 is 1.64. The van der Waals surface area contributed by atoms with Crippen molar-refractivity contribution in [2.45, 2.75) is 47.2 Å². The van der Waals surface area contributed by atoms with Crippen LogP contribution in [0.2, 0.25) is 0 Å². The third kappa shape index (κ3) is 6.35. The minimum Gasteiger partial charge on any atom is -0.493 e. The van der Waals surface area contributed by atoms with Gasteiger partial charge in [-0.3, -0.25) is 24.3 Å². The molecule has 0 unspecified atom stereocenters. The second-order valence-corrected chi connectivity index (χ2v) is 12.8. The minimum absolute atomic E-state index is 0.0485. The Bertz CT molecular complexity index is 1680. The molecule has 0 fully saturated rings. The lowest BCUT2D eigenvalue weighted by molar-refractivity contribution is -0.137. The van der Waals surface area contributed by atoms with E-state index in [4.69, 9.17) is 4.74 Å². The fraction of sp³-hybridized carbons (Fsp3) is 0.394. The van der Waals surface area contributed by atoms with Crippen LogP contribution in [0, 0.1) is 12.3 Å². The van der Waals surface area contributed by atoms with E-state index in [0.29, 0.717) is 43.4 Å². The van der Waals surface area contributed by atoms with Crippen molar-refractivity contribution in [1.82, 2.24) is 14.5 Å². The molecule has 43 heavy (non-hydrogen) atoms. The number of aromatic nitrogens is 2. The van der Waals surface area contributed by atoms with Gasteiger partial charge in [-0.1, -0.05) is 0 Å². The molecule has 4 heterocycles. The van der Waals surface area contributed by atoms with Gasteiger partial charge in [-0.2, -0.15) is 0 Å². The van der Waals surface area contributed by atoms with Gasteiger partial charge in [-0.05, 0) is 76.1 Å².